The van der Waals surface area contributed by atoms with Crippen LogP contribution in [-0.4, -0.2) is 54.8 Å². The van der Waals surface area contributed by atoms with Gasteiger partial charge in [-0.15, -0.1) is 0 Å². The Morgan fingerprint density at radius 1 is 1.11 bits per heavy atom. The third kappa shape index (κ3) is 5.39. The average molecular weight is 407 g/mol. The van der Waals surface area contributed by atoms with Gasteiger partial charge in [-0.1, -0.05) is 17.7 Å². The molecule has 28 heavy (non-hydrogen) atoms. The van der Waals surface area contributed by atoms with Crippen molar-refractivity contribution in [3.8, 4) is 17.5 Å². The van der Waals surface area contributed by atoms with E-state index in [0.717, 1.165) is 38.2 Å². The molecule has 7 nitrogen and oxygen atoms in total. The van der Waals surface area contributed by atoms with Gasteiger partial charge in [-0.2, -0.15) is 9.97 Å². The van der Waals surface area contributed by atoms with Crippen LogP contribution in [0.3, 0.4) is 0 Å². The third-order valence-corrected chi connectivity index (χ3v) is 5.03. The minimum absolute atomic E-state index is 0.317. The first-order valence-electron chi connectivity index (χ1n) is 9.48. The van der Waals surface area contributed by atoms with Gasteiger partial charge in [-0.25, -0.2) is 0 Å². The van der Waals surface area contributed by atoms with E-state index in [1.165, 1.54) is 5.56 Å². The van der Waals surface area contributed by atoms with E-state index in [0.29, 0.717) is 35.4 Å². The highest BCUT2D eigenvalue weighted by atomic mass is 35.5. The normalized spacial score (nSPS) is 15.3. The van der Waals surface area contributed by atoms with E-state index in [2.05, 4.69) is 26.3 Å². The topological polar surface area (TPSA) is 68.7 Å². The van der Waals surface area contributed by atoms with Crippen LogP contribution >= 0.6 is 11.6 Å². The average Bonchev–Trinajstić information content (AvgIpc) is 2.72. The van der Waals surface area contributed by atoms with Gasteiger partial charge in [-0.3, -0.25) is 4.90 Å². The van der Waals surface area contributed by atoms with E-state index in [9.17, 15) is 0 Å². The van der Waals surface area contributed by atoms with Crippen molar-refractivity contribution in [1.82, 2.24) is 14.9 Å². The van der Waals surface area contributed by atoms with E-state index in [4.69, 9.17) is 25.8 Å². The fourth-order valence-electron chi connectivity index (χ4n) is 3.27. The first-order chi connectivity index (χ1) is 13.6. The summed E-state index contributed by atoms with van der Waals surface area (Å²) in [6.07, 6.45) is 2.02. The summed E-state index contributed by atoms with van der Waals surface area (Å²) in [6, 6.07) is 7.98. The lowest BCUT2D eigenvalue weighted by molar-refractivity contribution is 0.210. The number of aromatic nitrogens is 2. The zero-order valence-corrected chi connectivity index (χ0v) is 17.3. The molecule has 152 valence electrons. The molecule has 0 radical (unpaired) electrons. The molecule has 0 saturated carbocycles. The lowest BCUT2D eigenvalue weighted by Gasteiger charge is -2.32. The fraction of sp³-hybridized carbons (Fsp3) is 0.500. The van der Waals surface area contributed by atoms with Crippen molar-refractivity contribution in [2.75, 3.05) is 39.2 Å². The van der Waals surface area contributed by atoms with Gasteiger partial charge in [0.15, 0.2) is 0 Å². The second-order valence-corrected chi connectivity index (χ2v) is 7.08. The van der Waals surface area contributed by atoms with E-state index < -0.39 is 0 Å². The van der Waals surface area contributed by atoms with Crippen LogP contribution in [0.4, 0.5) is 5.95 Å². The summed E-state index contributed by atoms with van der Waals surface area (Å²) in [4.78, 5) is 11.1. The quantitative estimate of drug-likeness (QED) is 0.717. The zero-order valence-electron chi connectivity index (χ0n) is 16.6. The molecule has 8 heteroatoms. The SMILES string of the molecule is CCOc1cc(CN2CCC(Nc3nc(OC)cc(OC)n3)CC2)ccc1Cl. The molecule has 0 atom stereocenters. The number of rotatable bonds is 8. The Morgan fingerprint density at radius 3 is 2.39 bits per heavy atom. The van der Waals surface area contributed by atoms with Gasteiger partial charge in [0.25, 0.3) is 0 Å². The van der Waals surface area contributed by atoms with E-state index in [-0.39, 0.29) is 0 Å². The molecule has 0 unspecified atom stereocenters. The van der Waals surface area contributed by atoms with Crippen LogP contribution in [-0.2, 0) is 6.54 Å². The molecule has 1 aromatic carbocycles. The number of hydrogen-bond donors (Lipinski definition) is 1. The lowest BCUT2D eigenvalue weighted by Crippen LogP contribution is -2.39. The molecular formula is C20H27ClN4O3. The van der Waals surface area contributed by atoms with Crippen LogP contribution in [0.1, 0.15) is 25.3 Å². The van der Waals surface area contributed by atoms with Crippen LogP contribution in [0.15, 0.2) is 24.3 Å². The molecule has 0 aliphatic carbocycles. The van der Waals surface area contributed by atoms with Crippen LogP contribution < -0.4 is 19.5 Å². The Bertz CT molecular complexity index is 760. The van der Waals surface area contributed by atoms with E-state index >= 15 is 0 Å². The standard InChI is InChI=1S/C20H27ClN4O3/c1-4-28-17-11-14(5-6-16(17)21)13-25-9-7-15(8-10-25)22-20-23-18(26-2)12-19(24-20)27-3/h5-6,11-12,15H,4,7-10,13H2,1-3H3,(H,22,23,24). The van der Waals surface area contributed by atoms with Crippen molar-refractivity contribution in [1.29, 1.82) is 0 Å². The molecule has 1 aliphatic heterocycles. The summed E-state index contributed by atoms with van der Waals surface area (Å²) < 4.78 is 16.0. The molecule has 1 aromatic heterocycles. The summed E-state index contributed by atoms with van der Waals surface area (Å²) in [5, 5.41) is 4.06. The third-order valence-electron chi connectivity index (χ3n) is 4.72. The van der Waals surface area contributed by atoms with Gasteiger partial charge in [0, 0.05) is 25.7 Å². The Hall–Kier alpha value is -2.25. The maximum atomic E-state index is 6.18. The Labute approximate surface area is 171 Å². The van der Waals surface area contributed by atoms with Crippen LogP contribution in [0.25, 0.3) is 0 Å². The molecular weight excluding hydrogens is 380 g/mol. The molecule has 1 N–H and O–H groups in total. The molecule has 1 saturated heterocycles. The number of halogens is 1. The van der Waals surface area contributed by atoms with Gasteiger partial charge in [0.1, 0.15) is 5.75 Å². The highest BCUT2D eigenvalue weighted by Crippen LogP contribution is 2.27. The van der Waals surface area contributed by atoms with Gasteiger partial charge in [0.2, 0.25) is 17.7 Å². The number of likely N-dealkylation sites (tertiary alicyclic amines) is 1. The number of benzene rings is 1. The second-order valence-electron chi connectivity index (χ2n) is 6.67. The monoisotopic (exact) mass is 406 g/mol. The fourth-order valence-corrected chi connectivity index (χ4v) is 3.44. The largest absolute Gasteiger partial charge is 0.492 e. The second kappa shape index (κ2) is 9.80. The lowest BCUT2D eigenvalue weighted by atomic mass is 10.0. The van der Waals surface area contributed by atoms with E-state index in [1.54, 1.807) is 20.3 Å². The van der Waals surface area contributed by atoms with Crippen LogP contribution in [0, 0.1) is 0 Å². The number of piperidine rings is 1. The molecule has 3 rings (SSSR count). The maximum absolute atomic E-state index is 6.18. The molecule has 0 bridgehead atoms. The van der Waals surface area contributed by atoms with Gasteiger partial charge >= 0.3 is 0 Å². The first-order valence-corrected chi connectivity index (χ1v) is 9.86. The summed E-state index contributed by atoms with van der Waals surface area (Å²) in [5.74, 6) is 2.26. The maximum Gasteiger partial charge on any atom is 0.229 e. The number of methoxy groups -OCH3 is 2. The number of anilines is 1. The molecule has 1 fully saturated rings. The van der Waals surface area contributed by atoms with Gasteiger partial charge in [-0.05, 0) is 37.5 Å². The van der Waals surface area contributed by atoms with E-state index in [1.807, 2.05) is 19.1 Å². The van der Waals surface area contributed by atoms with Crippen molar-refractivity contribution in [2.45, 2.75) is 32.4 Å². The molecule has 0 spiro atoms. The number of hydrogen-bond acceptors (Lipinski definition) is 7. The van der Waals surface area contributed by atoms with Gasteiger partial charge < -0.3 is 19.5 Å². The van der Waals surface area contributed by atoms with Gasteiger partial charge in [0.05, 0.1) is 31.9 Å². The number of nitrogens with one attached hydrogen (secondary N) is 1. The number of ether oxygens (including phenoxy) is 3. The zero-order chi connectivity index (χ0) is 19.9. The first kappa shape index (κ1) is 20.5. The molecule has 2 heterocycles. The Kier molecular flexibility index (Phi) is 7.17. The number of nitrogens with zero attached hydrogens (tertiary/aromatic N) is 3. The van der Waals surface area contributed by atoms with Crippen molar-refractivity contribution in [2.24, 2.45) is 0 Å². The predicted molar refractivity (Wildman–Crippen MR) is 110 cm³/mol. The Morgan fingerprint density at radius 2 is 1.79 bits per heavy atom. The molecule has 2 aromatic rings. The molecule has 1 aliphatic rings. The summed E-state index contributed by atoms with van der Waals surface area (Å²) in [6.45, 7) is 5.43. The predicted octanol–water partition coefficient (Wildman–Crippen LogP) is 3.62. The van der Waals surface area contributed by atoms with Crippen molar-refractivity contribution >= 4 is 17.5 Å². The van der Waals surface area contributed by atoms with Crippen molar-refractivity contribution in [3.63, 3.8) is 0 Å². The smallest absolute Gasteiger partial charge is 0.229 e. The highest BCUT2D eigenvalue weighted by molar-refractivity contribution is 6.32. The van der Waals surface area contributed by atoms with Crippen molar-refractivity contribution in [3.05, 3.63) is 34.9 Å². The minimum Gasteiger partial charge on any atom is -0.492 e. The summed E-state index contributed by atoms with van der Waals surface area (Å²) in [7, 11) is 3.16. The summed E-state index contributed by atoms with van der Waals surface area (Å²) in [5.41, 5.74) is 1.21. The van der Waals surface area contributed by atoms with Crippen LogP contribution in [0.5, 0.6) is 17.5 Å². The Balaban J connectivity index is 1.54. The summed E-state index contributed by atoms with van der Waals surface area (Å²) >= 11 is 6.18. The molecule has 0 amide bonds. The van der Waals surface area contributed by atoms with Crippen LogP contribution in [0.2, 0.25) is 5.02 Å². The highest BCUT2D eigenvalue weighted by Gasteiger charge is 2.21. The van der Waals surface area contributed by atoms with Crippen molar-refractivity contribution < 1.29 is 14.2 Å². The minimum atomic E-state index is 0.317.